The molecule has 2 aromatic carbocycles. The van der Waals surface area contributed by atoms with E-state index in [2.05, 4.69) is 4.90 Å². The number of benzene rings is 2. The number of methoxy groups -OCH3 is 1. The van der Waals surface area contributed by atoms with Gasteiger partial charge in [0.1, 0.15) is 17.3 Å². The van der Waals surface area contributed by atoms with Crippen molar-refractivity contribution in [2.45, 2.75) is 13.5 Å². The number of hydrogen-bond acceptors (Lipinski definition) is 7. The van der Waals surface area contributed by atoms with Gasteiger partial charge in [0.25, 0.3) is 11.8 Å². The van der Waals surface area contributed by atoms with Crippen molar-refractivity contribution in [3.63, 3.8) is 0 Å². The van der Waals surface area contributed by atoms with E-state index in [1.165, 1.54) is 11.8 Å². The van der Waals surface area contributed by atoms with E-state index in [9.17, 15) is 14.4 Å². The van der Waals surface area contributed by atoms with Crippen LogP contribution in [0.2, 0.25) is 0 Å². The van der Waals surface area contributed by atoms with Crippen LogP contribution < -0.4 is 19.3 Å². The summed E-state index contributed by atoms with van der Waals surface area (Å²) in [6.07, 6.45) is 0. The SMILES string of the molecule is COc1ccc(N2CCN(C(=O)c3ccc(CN4C(=O)COc5ccc(C(C)=O)cc54)o3)CC2)cc1. The number of furan rings is 1. The molecule has 36 heavy (non-hydrogen) atoms. The van der Waals surface area contributed by atoms with Crippen LogP contribution in [0.25, 0.3) is 0 Å². The number of rotatable bonds is 6. The van der Waals surface area contributed by atoms with Crippen molar-refractivity contribution < 1.29 is 28.3 Å². The topological polar surface area (TPSA) is 92.5 Å². The summed E-state index contributed by atoms with van der Waals surface area (Å²) in [5, 5.41) is 0. The summed E-state index contributed by atoms with van der Waals surface area (Å²) in [6.45, 7) is 4.08. The molecule has 9 nitrogen and oxygen atoms in total. The predicted molar refractivity (Wildman–Crippen MR) is 133 cm³/mol. The minimum absolute atomic E-state index is 0.0998. The van der Waals surface area contributed by atoms with Gasteiger partial charge in [0.2, 0.25) is 0 Å². The standard InChI is InChI=1S/C27H27N3O6/c1-18(31)19-3-9-24-23(15-19)30(26(32)17-35-24)16-22-8-10-25(36-22)27(33)29-13-11-28(12-14-29)20-4-6-21(34-2)7-5-20/h3-10,15H,11-14,16-17H2,1-2H3. The maximum absolute atomic E-state index is 13.1. The molecule has 0 bridgehead atoms. The van der Waals surface area contributed by atoms with Crippen molar-refractivity contribution in [2.75, 3.05) is 49.7 Å². The molecule has 3 heterocycles. The predicted octanol–water partition coefficient (Wildman–Crippen LogP) is 3.38. The summed E-state index contributed by atoms with van der Waals surface area (Å²) in [6, 6.07) is 16.2. The lowest BCUT2D eigenvalue weighted by atomic mass is 10.1. The second-order valence-corrected chi connectivity index (χ2v) is 8.75. The number of Topliss-reactive ketones (excluding diaryl/α,β-unsaturated/α-hetero) is 1. The van der Waals surface area contributed by atoms with E-state index in [1.54, 1.807) is 42.3 Å². The zero-order chi connectivity index (χ0) is 25.2. The number of fused-ring (bicyclic) bond motifs is 1. The zero-order valence-corrected chi connectivity index (χ0v) is 20.2. The zero-order valence-electron chi connectivity index (χ0n) is 20.2. The molecular weight excluding hydrogens is 462 g/mol. The number of ether oxygens (including phenoxy) is 2. The third-order valence-corrected chi connectivity index (χ3v) is 6.50. The Balaban J connectivity index is 1.24. The molecule has 186 valence electrons. The molecule has 0 N–H and O–H groups in total. The number of ketones is 1. The van der Waals surface area contributed by atoms with Gasteiger partial charge in [-0.15, -0.1) is 0 Å². The van der Waals surface area contributed by atoms with Crippen LogP contribution in [-0.2, 0) is 11.3 Å². The summed E-state index contributed by atoms with van der Waals surface area (Å²) in [4.78, 5) is 43.0. The third kappa shape index (κ3) is 4.64. The van der Waals surface area contributed by atoms with Gasteiger partial charge in [-0.1, -0.05) is 0 Å². The van der Waals surface area contributed by atoms with Gasteiger partial charge < -0.3 is 23.7 Å². The van der Waals surface area contributed by atoms with Crippen LogP contribution in [0.5, 0.6) is 11.5 Å². The van der Waals surface area contributed by atoms with E-state index < -0.39 is 0 Å². The molecule has 2 aliphatic heterocycles. The number of hydrogen-bond donors (Lipinski definition) is 0. The Hall–Kier alpha value is -4.27. The van der Waals surface area contributed by atoms with Crippen LogP contribution in [0.1, 0.15) is 33.6 Å². The van der Waals surface area contributed by atoms with Gasteiger partial charge in [-0.2, -0.15) is 0 Å². The van der Waals surface area contributed by atoms with E-state index in [0.29, 0.717) is 48.9 Å². The fourth-order valence-corrected chi connectivity index (χ4v) is 4.44. The lowest BCUT2D eigenvalue weighted by Crippen LogP contribution is -2.48. The van der Waals surface area contributed by atoms with Gasteiger partial charge in [0.15, 0.2) is 18.2 Å². The molecule has 9 heteroatoms. The monoisotopic (exact) mass is 489 g/mol. The molecule has 1 fully saturated rings. The molecule has 0 aliphatic carbocycles. The Morgan fingerprint density at radius 2 is 1.72 bits per heavy atom. The Morgan fingerprint density at radius 3 is 2.42 bits per heavy atom. The Morgan fingerprint density at radius 1 is 0.972 bits per heavy atom. The van der Waals surface area contributed by atoms with Crippen molar-refractivity contribution in [3.05, 3.63) is 71.7 Å². The normalized spacial score (nSPS) is 15.4. The van der Waals surface area contributed by atoms with Crippen LogP contribution in [0.3, 0.4) is 0 Å². The number of nitrogens with zero attached hydrogens (tertiary/aromatic N) is 3. The number of piperazine rings is 1. The van der Waals surface area contributed by atoms with Crippen LogP contribution in [0.4, 0.5) is 11.4 Å². The van der Waals surface area contributed by atoms with Crippen molar-refractivity contribution >= 4 is 29.0 Å². The average Bonchev–Trinajstić information content (AvgIpc) is 3.38. The van der Waals surface area contributed by atoms with Gasteiger partial charge in [-0.05, 0) is 61.5 Å². The average molecular weight is 490 g/mol. The first kappa shape index (κ1) is 23.5. The first-order chi connectivity index (χ1) is 17.4. The second-order valence-electron chi connectivity index (χ2n) is 8.75. The van der Waals surface area contributed by atoms with Crippen molar-refractivity contribution in [2.24, 2.45) is 0 Å². The third-order valence-electron chi connectivity index (χ3n) is 6.50. The van der Waals surface area contributed by atoms with Crippen LogP contribution in [-0.4, -0.2) is 62.4 Å². The van der Waals surface area contributed by atoms with Crippen LogP contribution in [0.15, 0.2) is 59.0 Å². The largest absolute Gasteiger partial charge is 0.497 e. The fourth-order valence-electron chi connectivity index (χ4n) is 4.44. The molecule has 5 rings (SSSR count). The smallest absolute Gasteiger partial charge is 0.289 e. The Bertz CT molecular complexity index is 1290. The quantitative estimate of drug-likeness (QED) is 0.490. The first-order valence-corrected chi connectivity index (χ1v) is 11.8. The highest BCUT2D eigenvalue weighted by molar-refractivity contribution is 6.01. The Kier molecular flexibility index (Phi) is 6.37. The number of anilines is 2. The highest BCUT2D eigenvalue weighted by Crippen LogP contribution is 2.34. The van der Waals surface area contributed by atoms with Gasteiger partial charge in [0.05, 0.1) is 19.3 Å². The Labute approximate surface area is 208 Å². The first-order valence-electron chi connectivity index (χ1n) is 11.8. The molecule has 1 saturated heterocycles. The molecule has 0 radical (unpaired) electrons. The number of amides is 2. The molecule has 1 aromatic heterocycles. The number of carbonyl (C=O) groups is 3. The summed E-state index contributed by atoms with van der Waals surface area (Å²) < 4.78 is 16.6. The van der Waals surface area contributed by atoms with E-state index in [4.69, 9.17) is 13.9 Å². The van der Waals surface area contributed by atoms with E-state index in [1.807, 2.05) is 24.3 Å². The van der Waals surface area contributed by atoms with Gasteiger partial charge in [-0.25, -0.2) is 0 Å². The molecule has 2 amide bonds. The summed E-state index contributed by atoms with van der Waals surface area (Å²) in [5.74, 6) is 1.52. The molecule has 0 atom stereocenters. The maximum atomic E-state index is 13.1. The summed E-state index contributed by atoms with van der Waals surface area (Å²) in [7, 11) is 1.64. The second kappa shape index (κ2) is 9.77. The van der Waals surface area contributed by atoms with E-state index in [0.717, 1.165) is 11.4 Å². The van der Waals surface area contributed by atoms with Crippen molar-refractivity contribution in [1.29, 1.82) is 0 Å². The van der Waals surface area contributed by atoms with Crippen LogP contribution in [0, 0.1) is 0 Å². The minimum atomic E-state index is -0.248. The molecular formula is C27H27N3O6. The van der Waals surface area contributed by atoms with E-state index in [-0.39, 0.29) is 36.5 Å². The molecule has 0 spiro atoms. The van der Waals surface area contributed by atoms with Crippen molar-refractivity contribution in [3.8, 4) is 11.5 Å². The molecule has 0 unspecified atom stereocenters. The fraction of sp³-hybridized carbons (Fsp3) is 0.296. The summed E-state index contributed by atoms with van der Waals surface area (Å²) >= 11 is 0. The maximum Gasteiger partial charge on any atom is 0.289 e. The highest BCUT2D eigenvalue weighted by atomic mass is 16.5. The molecule has 0 saturated carbocycles. The molecule has 2 aliphatic rings. The van der Waals surface area contributed by atoms with Crippen LogP contribution >= 0.6 is 0 Å². The minimum Gasteiger partial charge on any atom is -0.497 e. The van der Waals surface area contributed by atoms with Crippen molar-refractivity contribution in [1.82, 2.24) is 4.90 Å². The molecule has 3 aromatic rings. The van der Waals surface area contributed by atoms with Gasteiger partial charge in [-0.3, -0.25) is 19.3 Å². The lowest BCUT2D eigenvalue weighted by Gasteiger charge is -2.35. The van der Waals surface area contributed by atoms with Gasteiger partial charge in [0, 0.05) is 37.4 Å². The lowest BCUT2D eigenvalue weighted by molar-refractivity contribution is -0.121. The van der Waals surface area contributed by atoms with Gasteiger partial charge >= 0.3 is 0 Å². The van der Waals surface area contributed by atoms with E-state index >= 15 is 0 Å². The highest BCUT2D eigenvalue weighted by Gasteiger charge is 2.29. The number of carbonyl (C=O) groups excluding carboxylic acids is 3. The summed E-state index contributed by atoms with van der Waals surface area (Å²) in [5.41, 5.74) is 2.09.